The number of hydrogen-bond donors (Lipinski definition) is 0. The number of carbonyl (C=O) groups is 3. The van der Waals surface area contributed by atoms with Crippen molar-refractivity contribution in [2.75, 3.05) is 0 Å². The fourth-order valence-corrected chi connectivity index (χ4v) is 3.66. The van der Waals surface area contributed by atoms with E-state index in [0.717, 1.165) is 22.0 Å². The van der Waals surface area contributed by atoms with Crippen LogP contribution >= 0.6 is 15.9 Å². The summed E-state index contributed by atoms with van der Waals surface area (Å²) in [5.74, 6) is -1.75. The fraction of sp³-hybridized carbons (Fsp3) is 0.500. The molecule has 4 heteroatoms. The van der Waals surface area contributed by atoms with E-state index in [4.69, 9.17) is 0 Å². The molecular weight excluding hydrogens is 344 g/mol. The number of hydrogen-bond acceptors (Lipinski definition) is 3. The highest BCUT2D eigenvalue weighted by Crippen LogP contribution is 2.45. The molecule has 0 spiro atoms. The molecule has 1 aromatic rings. The number of Topliss-reactive ketones (excluding diaryl/α,β-unsaturated/α-hetero) is 3. The van der Waals surface area contributed by atoms with Gasteiger partial charge in [0.15, 0.2) is 17.3 Å². The first kappa shape index (κ1) is 17.1. The molecule has 0 atom stereocenters. The largest absolute Gasteiger partial charge is 0.298 e. The minimum Gasteiger partial charge on any atom is -0.298 e. The van der Waals surface area contributed by atoms with Crippen molar-refractivity contribution >= 4 is 33.3 Å². The van der Waals surface area contributed by atoms with Crippen molar-refractivity contribution in [2.24, 2.45) is 10.8 Å². The Morgan fingerprint density at radius 3 is 1.95 bits per heavy atom. The summed E-state index contributed by atoms with van der Waals surface area (Å²) in [6.45, 7) is 8.50. The van der Waals surface area contributed by atoms with Gasteiger partial charge in [0, 0.05) is 4.47 Å². The maximum atomic E-state index is 12.9. The maximum Gasteiger partial charge on any atom is 0.160 e. The molecule has 0 saturated heterocycles. The monoisotopic (exact) mass is 364 g/mol. The standard InChI is InChI=1S/C18H21BrO3/c1-6-10-7-8-11(19)9-12(10)13-14(20)17(2,3)16(22)18(4,5)15(13)21/h7-9,13H,6H2,1-5H3. The SMILES string of the molecule is CCc1ccc(Br)cc1C1C(=O)C(C)(C)C(=O)C(C)(C)C1=O. The van der Waals surface area contributed by atoms with Crippen molar-refractivity contribution in [3.8, 4) is 0 Å². The number of aryl methyl sites for hydroxylation is 1. The van der Waals surface area contributed by atoms with Gasteiger partial charge in [-0.25, -0.2) is 0 Å². The highest BCUT2D eigenvalue weighted by atomic mass is 79.9. The highest BCUT2D eigenvalue weighted by molar-refractivity contribution is 9.10. The van der Waals surface area contributed by atoms with Gasteiger partial charge in [0.25, 0.3) is 0 Å². The number of carbonyl (C=O) groups excluding carboxylic acids is 3. The van der Waals surface area contributed by atoms with Crippen molar-refractivity contribution in [1.29, 1.82) is 0 Å². The van der Waals surface area contributed by atoms with Gasteiger partial charge >= 0.3 is 0 Å². The van der Waals surface area contributed by atoms with Crippen molar-refractivity contribution in [3.63, 3.8) is 0 Å². The Morgan fingerprint density at radius 1 is 1.00 bits per heavy atom. The van der Waals surface area contributed by atoms with Crippen molar-refractivity contribution < 1.29 is 14.4 Å². The zero-order chi connectivity index (χ0) is 16.9. The second-order valence-corrected chi connectivity index (χ2v) is 7.85. The molecule has 0 amide bonds. The Bertz CT molecular complexity index is 641. The molecule has 1 fully saturated rings. The van der Waals surface area contributed by atoms with Crippen LogP contribution in [-0.2, 0) is 20.8 Å². The quantitative estimate of drug-likeness (QED) is 0.748. The molecule has 0 unspecified atom stereocenters. The van der Waals surface area contributed by atoms with E-state index < -0.39 is 16.7 Å². The molecule has 3 nitrogen and oxygen atoms in total. The number of halogens is 1. The summed E-state index contributed by atoms with van der Waals surface area (Å²) in [4.78, 5) is 38.3. The van der Waals surface area contributed by atoms with Crippen LogP contribution in [0.1, 0.15) is 51.7 Å². The van der Waals surface area contributed by atoms with Crippen LogP contribution < -0.4 is 0 Å². The van der Waals surface area contributed by atoms with Gasteiger partial charge in [0.2, 0.25) is 0 Å². The van der Waals surface area contributed by atoms with Gasteiger partial charge in [-0.1, -0.05) is 28.9 Å². The summed E-state index contributed by atoms with van der Waals surface area (Å²) in [6, 6.07) is 5.67. The average Bonchev–Trinajstić information content (AvgIpc) is 2.45. The van der Waals surface area contributed by atoms with E-state index >= 15 is 0 Å². The Kier molecular flexibility index (Phi) is 4.20. The lowest BCUT2D eigenvalue weighted by Gasteiger charge is -2.41. The summed E-state index contributed by atoms with van der Waals surface area (Å²) in [7, 11) is 0. The lowest BCUT2D eigenvalue weighted by Crippen LogP contribution is -2.56. The van der Waals surface area contributed by atoms with Crippen LogP contribution in [0.25, 0.3) is 0 Å². The van der Waals surface area contributed by atoms with Crippen LogP contribution in [-0.4, -0.2) is 17.3 Å². The number of benzene rings is 1. The summed E-state index contributed by atoms with van der Waals surface area (Å²) in [5, 5.41) is 0. The van der Waals surface area contributed by atoms with E-state index in [1.165, 1.54) is 0 Å². The van der Waals surface area contributed by atoms with Crippen LogP contribution in [0.4, 0.5) is 0 Å². The Morgan fingerprint density at radius 2 is 1.50 bits per heavy atom. The van der Waals surface area contributed by atoms with E-state index in [1.807, 2.05) is 25.1 Å². The van der Waals surface area contributed by atoms with Crippen molar-refractivity contribution in [2.45, 2.75) is 47.0 Å². The fourth-order valence-electron chi connectivity index (χ4n) is 3.28. The van der Waals surface area contributed by atoms with Gasteiger partial charge in [0.05, 0.1) is 10.8 Å². The molecule has 0 aromatic heterocycles. The molecule has 118 valence electrons. The highest BCUT2D eigenvalue weighted by Gasteiger charge is 2.58. The van der Waals surface area contributed by atoms with Crippen molar-refractivity contribution in [1.82, 2.24) is 0 Å². The Balaban J connectivity index is 2.69. The Hall–Kier alpha value is -1.29. The van der Waals surface area contributed by atoms with E-state index in [9.17, 15) is 14.4 Å². The molecule has 0 heterocycles. The average molecular weight is 365 g/mol. The lowest BCUT2D eigenvalue weighted by atomic mass is 9.57. The normalized spacial score (nSPS) is 21.3. The molecule has 22 heavy (non-hydrogen) atoms. The molecule has 0 N–H and O–H groups in total. The minimum absolute atomic E-state index is 0.292. The third-order valence-corrected chi connectivity index (χ3v) is 5.18. The van der Waals surface area contributed by atoms with Crippen LogP contribution in [0.2, 0.25) is 0 Å². The molecule has 0 bridgehead atoms. The van der Waals surface area contributed by atoms with Crippen LogP contribution in [0, 0.1) is 10.8 Å². The third kappa shape index (κ3) is 2.37. The topological polar surface area (TPSA) is 51.2 Å². The van der Waals surface area contributed by atoms with Gasteiger partial charge in [-0.2, -0.15) is 0 Å². The van der Waals surface area contributed by atoms with Gasteiger partial charge in [-0.3, -0.25) is 14.4 Å². The first-order valence-electron chi connectivity index (χ1n) is 7.47. The summed E-state index contributed by atoms with van der Waals surface area (Å²) in [5.41, 5.74) is -0.596. The second-order valence-electron chi connectivity index (χ2n) is 6.94. The molecule has 0 radical (unpaired) electrons. The molecular formula is C18H21BrO3. The summed E-state index contributed by atoms with van der Waals surface area (Å²) >= 11 is 3.41. The van der Waals surface area contributed by atoms with E-state index in [1.54, 1.807) is 27.7 Å². The van der Waals surface area contributed by atoms with E-state index in [-0.39, 0.29) is 17.3 Å². The molecule has 1 aliphatic rings. The lowest BCUT2D eigenvalue weighted by molar-refractivity contribution is -0.157. The predicted octanol–water partition coefficient (Wildman–Crippen LogP) is 3.87. The third-order valence-electron chi connectivity index (χ3n) is 4.69. The molecule has 1 aromatic carbocycles. The smallest absolute Gasteiger partial charge is 0.160 e. The van der Waals surface area contributed by atoms with Gasteiger partial charge in [0.1, 0.15) is 5.92 Å². The summed E-state index contributed by atoms with van der Waals surface area (Å²) in [6.07, 6.45) is 0.731. The first-order chi connectivity index (χ1) is 10.0. The van der Waals surface area contributed by atoms with Gasteiger partial charge in [-0.15, -0.1) is 0 Å². The molecule has 1 saturated carbocycles. The van der Waals surface area contributed by atoms with Crippen LogP contribution in [0.3, 0.4) is 0 Å². The Labute approximate surface area is 139 Å². The summed E-state index contributed by atoms with van der Waals surface area (Å²) < 4.78 is 0.827. The second kappa shape index (κ2) is 5.41. The van der Waals surface area contributed by atoms with Gasteiger partial charge in [-0.05, 0) is 57.4 Å². The van der Waals surface area contributed by atoms with Crippen LogP contribution in [0.5, 0.6) is 0 Å². The van der Waals surface area contributed by atoms with E-state index in [2.05, 4.69) is 15.9 Å². The first-order valence-corrected chi connectivity index (χ1v) is 8.26. The predicted molar refractivity (Wildman–Crippen MR) is 88.8 cm³/mol. The molecule has 0 aliphatic heterocycles. The van der Waals surface area contributed by atoms with Crippen molar-refractivity contribution in [3.05, 3.63) is 33.8 Å². The molecule has 1 aliphatic carbocycles. The number of ketones is 3. The number of rotatable bonds is 2. The zero-order valence-electron chi connectivity index (χ0n) is 13.6. The minimum atomic E-state index is -1.14. The van der Waals surface area contributed by atoms with Crippen LogP contribution in [0.15, 0.2) is 22.7 Å². The van der Waals surface area contributed by atoms with E-state index in [0.29, 0.717) is 0 Å². The molecule has 2 rings (SSSR count). The zero-order valence-corrected chi connectivity index (χ0v) is 15.2. The van der Waals surface area contributed by atoms with Gasteiger partial charge < -0.3 is 0 Å². The maximum absolute atomic E-state index is 12.9.